The van der Waals surface area contributed by atoms with E-state index in [2.05, 4.69) is 0 Å². The Morgan fingerprint density at radius 3 is 2.29 bits per heavy atom. The Balaban J connectivity index is 3.68. The van der Waals surface area contributed by atoms with E-state index in [1.54, 1.807) is 0 Å². The van der Waals surface area contributed by atoms with Crippen LogP contribution in [0.2, 0.25) is 0 Å². The van der Waals surface area contributed by atoms with Crippen molar-refractivity contribution in [1.29, 1.82) is 5.41 Å². The molecule has 0 spiro atoms. The average Bonchev–Trinajstić information content (AvgIpc) is 1.27. The molecule has 0 rings (SSSR count). The fraction of sp³-hybridized carbons (Fsp3) is 0.250. The van der Waals surface area contributed by atoms with Gasteiger partial charge in [-0.15, -0.1) is 0 Å². The SMILES string of the molecule is CC(N)=CC(=N)F. The van der Waals surface area contributed by atoms with E-state index >= 15 is 0 Å². The van der Waals surface area contributed by atoms with Gasteiger partial charge in [0.15, 0.2) is 0 Å². The van der Waals surface area contributed by atoms with Gasteiger partial charge in [0.25, 0.3) is 0 Å². The standard InChI is InChI=1S/C4H7FN2/c1-3(6)2-4(5)7/h2,7H,6H2,1H3. The molecule has 2 nitrogen and oxygen atoms in total. The van der Waals surface area contributed by atoms with Crippen LogP contribution in [0, 0.1) is 5.41 Å². The number of nitrogens with one attached hydrogen (secondary N) is 1. The molecule has 0 aromatic carbocycles. The highest BCUT2D eigenvalue weighted by atomic mass is 19.1. The summed E-state index contributed by atoms with van der Waals surface area (Å²) in [6.07, 6.45) is 0.944. The van der Waals surface area contributed by atoms with E-state index in [1.165, 1.54) is 6.92 Å². The summed E-state index contributed by atoms with van der Waals surface area (Å²) in [6.45, 7) is 1.52. The highest BCUT2D eigenvalue weighted by Gasteiger charge is 1.81. The molecule has 0 unspecified atom stereocenters. The van der Waals surface area contributed by atoms with Crippen molar-refractivity contribution in [2.24, 2.45) is 5.73 Å². The minimum atomic E-state index is -1.000. The third kappa shape index (κ3) is 5.14. The van der Waals surface area contributed by atoms with E-state index in [4.69, 9.17) is 11.1 Å². The van der Waals surface area contributed by atoms with Gasteiger partial charge in [-0.05, 0) is 6.92 Å². The predicted molar refractivity (Wildman–Crippen MR) is 26.8 cm³/mol. The van der Waals surface area contributed by atoms with Crippen LogP contribution in [0.1, 0.15) is 6.92 Å². The summed E-state index contributed by atoms with van der Waals surface area (Å²) in [6, 6.07) is 0. The highest BCUT2D eigenvalue weighted by molar-refractivity contribution is 5.83. The summed E-state index contributed by atoms with van der Waals surface area (Å²) < 4.78 is 11.4. The largest absolute Gasteiger partial charge is 0.402 e. The Labute approximate surface area is 41.3 Å². The summed E-state index contributed by atoms with van der Waals surface area (Å²) >= 11 is 0. The van der Waals surface area contributed by atoms with E-state index in [9.17, 15) is 4.39 Å². The molecule has 0 aliphatic heterocycles. The zero-order valence-corrected chi connectivity index (χ0v) is 4.03. The van der Waals surface area contributed by atoms with Crippen LogP contribution in [-0.2, 0) is 0 Å². The third-order valence-electron chi connectivity index (χ3n) is 0.354. The van der Waals surface area contributed by atoms with Crippen LogP contribution in [0.4, 0.5) is 4.39 Å². The van der Waals surface area contributed by atoms with Crippen LogP contribution in [0.25, 0.3) is 0 Å². The molecule has 0 saturated carbocycles. The van der Waals surface area contributed by atoms with E-state index < -0.39 is 5.97 Å². The van der Waals surface area contributed by atoms with E-state index in [-0.39, 0.29) is 0 Å². The average molecular weight is 102 g/mol. The lowest BCUT2D eigenvalue weighted by atomic mass is 10.5. The number of hydrogen-bond acceptors (Lipinski definition) is 2. The van der Waals surface area contributed by atoms with Crippen LogP contribution < -0.4 is 5.73 Å². The molecular formula is C4H7FN2. The predicted octanol–water partition coefficient (Wildman–Crippen LogP) is 0.796. The molecule has 3 N–H and O–H groups in total. The van der Waals surface area contributed by atoms with Gasteiger partial charge in [-0.2, -0.15) is 4.39 Å². The molecule has 0 radical (unpaired) electrons. The topological polar surface area (TPSA) is 49.9 Å². The normalized spacial score (nSPS) is 11.4. The fourth-order valence-corrected chi connectivity index (χ4v) is 0.200. The van der Waals surface area contributed by atoms with Crippen molar-refractivity contribution in [3.8, 4) is 0 Å². The van der Waals surface area contributed by atoms with Crippen molar-refractivity contribution in [2.45, 2.75) is 6.92 Å². The van der Waals surface area contributed by atoms with Gasteiger partial charge in [0.2, 0.25) is 5.97 Å². The Kier molecular flexibility index (Phi) is 2.05. The molecule has 7 heavy (non-hydrogen) atoms. The lowest BCUT2D eigenvalue weighted by molar-refractivity contribution is 0.802. The summed E-state index contributed by atoms with van der Waals surface area (Å²) in [5.41, 5.74) is 5.29. The van der Waals surface area contributed by atoms with Crippen molar-refractivity contribution >= 4 is 5.97 Å². The molecule has 0 heterocycles. The van der Waals surface area contributed by atoms with Gasteiger partial charge >= 0.3 is 0 Å². The number of nitrogens with two attached hydrogens (primary N) is 1. The molecule has 0 saturated heterocycles. The lowest BCUT2D eigenvalue weighted by Gasteiger charge is -1.81. The molecule has 0 aliphatic rings. The second kappa shape index (κ2) is 2.34. The number of rotatable bonds is 1. The van der Waals surface area contributed by atoms with Gasteiger partial charge in [-0.25, -0.2) is 0 Å². The van der Waals surface area contributed by atoms with Crippen molar-refractivity contribution in [1.82, 2.24) is 0 Å². The Morgan fingerprint density at radius 1 is 1.86 bits per heavy atom. The monoisotopic (exact) mass is 102 g/mol. The number of hydrogen-bond donors (Lipinski definition) is 2. The van der Waals surface area contributed by atoms with Crippen molar-refractivity contribution in [3.05, 3.63) is 11.8 Å². The van der Waals surface area contributed by atoms with E-state index in [0.29, 0.717) is 5.70 Å². The van der Waals surface area contributed by atoms with Gasteiger partial charge < -0.3 is 5.73 Å². The summed E-state index contributed by atoms with van der Waals surface area (Å²) in [5, 5.41) is 6.20. The smallest absolute Gasteiger partial charge is 0.207 e. The minimum Gasteiger partial charge on any atom is -0.402 e. The first-order valence-corrected chi connectivity index (χ1v) is 1.81. The van der Waals surface area contributed by atoms with E-state index in [1.807, 2.05) is 0 Å². The van der Waals surface area contributed by atoms with Crippen molar-refractivity contribution in [2.75, 3.05) is 0 Å². The Bertz CT molecular complexity index is 102. The highest BCUT2D eigenvalue weighted by Crippen LogP contribution is 1.81. The number of allylic oxidation sites excluding steroid dienone is 2. The molecule has 0 bridgehead atoms. The quantitative estimate of drug-likeness (QED) is 0.472. The van der Waals surface area contributed by atoms with Crippen LogP contribution >= 0.6 is 0 Å². The fourth-order valence-electron chi connectivity index (χ4n) is 0.200. The van der Waals surface area contributed by atoms with E-state index in [0.717, 1.165) is 6.08 Å². The van der Waals surface area contributed by atoms with Crippen molar-refractivity contribution < 1.29 is 4.39 Å². The summed E-state index contributed by atoms with van der Waals surface area (Å²) in [4.78, 5) is 0. The van der Waals surface area contributed by atoms with Crippen molar-refractivity contribution in [3.63, 3.8) is 0 Å². The van der Waals surface area contributed by atoms with Gasteiger partial charge in [-0.3, -0.25) is 5.41 Å². The number of halogens is 1. The first kappa shape index (κ1) is 6.14. The van der Waals surface area contributed by atoms with Gasteiger partial charge in [0.1, 0.15) is 0 Å². The minimum absolute atomic E-state index is 0.313. The Hall–Kier alpha value is -0.860. The maximum absolute atomic E-state index is 11.4. The molecule has 0 aromatic rings. The maximum Gasteiger partial charge on any atom is 0.207 e. The van der Waals surface area contributed by atoms with Crippen LogP contribution in [0.15, 0.2) is 11.8 Å². The first-order valence-electron chi connectivity index (χ1n) is 1.81. The second-order valence-electron chi connectivity index (χ2n) is 1.24. The van der Waals surface area contributed by atoms with Crippen LogP contribution in [-0.4, -0.2) is 5.97 Å². The molecule has 0 fully saturated rings. The summed E-state index contributed by atoms with van der Waals surface area (Å²) in [7, 11) is 0. The Morgan fingerprint density at radius 2 is 2.29 bits per heavy atom. The van der Waals surface area contributed by atoms with Gasteiger partial charge in [0.05, 0.1) is 0 Å². The molecule has 0 aliphatic carbocycles. The van der Waals surface area contributed by atoms with Gasteiger partial charge in [-0.1, -0.05) is 0 Å². The zero-order valence-electron chi connectivity index (χ0n) is 4.03. The lowest BCUT2D eigenvalue weighted by Crippen LogP contribution is -1.92. The first-order chi connectivity index (χ1) is 3.13. The molecule has 40 valence electrons. The van der Waals surface area contributed by atoms with Crippen LogP contribution in [0.3, 0.4) is 0 Å². The van der Waals surface area contributed by atoms with Crippen LogP contribution in [0.5, 0.6) is 0 Å². The maximum atomic E-state index is 11.4. The molecule has 0 amide bonds. The third-order valence-corrected chi connectivity index (χ3v) is 0.354. The molecule has 0 atom stereocenters. The zero-order chi connectivity index (χ0) is 5.86. The second-order valence-corrected chi connectivity index (χ2v) is 1.24. The molecular weight excluding hydrogens is 95.1 g/mol. The molecule has 3 heteroatoms. The molecule has 0 aromatic heterocycles. The summed E-state index contributed by atoms with van der Waals surface area (Å²) in [5.74, 6) is -1.000. The van der Waals surface area contributed by atoms with Gasteiger partial charge in [0, 0.05) is 11.8 Å².